The fourth-order valence-electron chi connectivity index (χ4n) is 3.27. The molecule has 3 rings (SSSR count). The number of hydrogen-bond acceptors (Lipinski definition) is 4. The molecule has 1 aliphatic carbocycles. The first-order chi connectivity index (χ1) is 12.4. The molecule has 0 atom stereocenters. The van der Waals surface area contributed by atoms with Crippen LogP contribution in [0.25, 0.3) is 0 Å². The maximum absolute atomic E-state index is 12.4. The summed E-state index contributed by atoms with van der Waals surface area (Å²) in [7, 11) is -4.24. The highest BCUT2D eigenvalue weighted by molar-refractivity contribution is 7.86. The first-order valence-corrected chi connectivity index (χ1v) is 10.0. The molecule has 26 heavy (non-hydrogen) atoms. The van der Waals surface area contributed by atoms with Crippen LogP contribution in [0.3, 0.4) is 0 Å². The third-order valence-corrected chi connectivity index (χ3v) is 5.51. The summed E-state index contributed by atoms with van der Waals surface area (Å²) < 4.78 is 38.1. The third kappa shape index (κ3) is 3.34. The lowest BCUT2D eigenvalue weighted by atomic mass is 9.83. The van der Waals surface area contributed by atoms with Gasteiger partial charge in [-0.15, -0.1) is 0 Å². The Kier molecular flexibility index (Phi) is 5.06. The number of hydrogen-bond donors (Lipinski definition) is 2. The SMILES string of the molecule is CCCOc1ccccc1C1(N2CCNC2=O)C=CC(S(=O)(=O)O)C=C1. The van der Waals surface area contributed by atoms with E-state index in [0.29, 0.717) is 25.4 Å². The third-order valence-electron chi connectivity index (χ3n) is 4.51. The van der Waals surface area contributed by atoms with Gasteiger partial charge in [0.05, 0.1) is 6.61 Å². The predicted octanol–water partition coefficient (Wildman–Crippen LogP) is 2.08. The summed E-state index contributed by atoms with van der Waals surface area (Å²) >= 11 is 0. The fourth-order valence-corrected chi connectivity index (χ4v) is 3.82. The Morgan fingerprint density at radius 3 is 2.58 bits per heavy atom. The maximum Gasteiger partial charge on any atom is 0.318 e. The van der Waals surface area contributed by atoms with E-state index in [1.807, 2.05) is 31.2 Å². The Bertz CT molecular complexity index is 833. The molecule has 1 aliphatic heterocycles. The second-order valence-corrected chi connectivity index (χ2v) is 7.83. The Labute approximate surface area is 153 Å². The Morgan fingerprint density at radius 2 is 2.00 bits per heavy atom. The molecule has 2 aliphatic rings. The van der Waals surface area contributed by atoms with Gasteiger partial charge in [0.25, 0.3) is 10.1 Å². The van der Waals surface area contributed by atoms with Crippen molar-refractivity contribution in [1.29, 1.82) is 0 Å². The molecule has 0 bridgehead atoms. The van der Waals surface area contributed by atoms with E-state index in [2.05, 4.69) is 5.32 Å². The van der Waals surface area contributed by atoms with Gasteiger partial charge in [0, 0.05) is 18.7 Å². The summed E-state index contributed by atoms with van der Waals surface area (Å²) in [6.07, 6.45) is 6.92. The largest absolute Gasteiger partial charge is 0.493 e. The van der Waals surface area contributed by atoms with Gasteiger partial charge in [-0.25, -0.2) is 4.79 Å². The minimum absolute atomic E-state index is 0.241. The maximum atomic E-state index is 12.4. The van der Waals surface area contributed by atoms with Crippen LogP contribution in [0, 0.1) is 0 Å². The van der Waals surface area contributed by atoms with Gasteiger partial charge in [-0.3, -0.25) is 4.55 Å². The Hall–Kier alpha value is -2.32. The Balaban J connectivity index is 2.10. The number of carbonyl (C=O) groups is 1. The number of amides is 2. The molecule has 0 unspecified atom stereocenters. The molecule has 0 saturated carbocycles. The number of carbonyl (C=O) groups excluding carboxylic acids is 1. The average molecular weight is 378 g/mol. The zero-order valence-electron chi connectivity index (χ0n) is 14.5. The van der Waals surface area contributed by atoms with Crippen LogP contribution in [0.5, 0.6) is 5.75 Å². The van der Waals surface area contributed by atoms with Crippen molar-refractivity contribution >= 4 is 16.1 Å². The van der Waals surface area contributed by atoms with Crippen molar-refractivity contribution in [3.8, 4) is 5.75 Å². The monoisotopic (exact) mass is 378 g/mol. The number of urea groups is 1. The molecule has 140 valence electrons. The van der Waals surface area contributed by atoms with E-state index in [1.165, 1.54) is 12.2 Å². The van der Waals surface area contributed by atoms with Gasteiger partial charge in [-0.1, -0.05) is 49.4 Å². The van der Waals surface area contributed by atoms with Crippen LogP contribution in [0.1, 0.15) is 18.9 Å². The minimum atomic E-state index is -4.24. The zero-order chi connectivity index (χ0) is 18.8. The molecule has 0 aromatic heterocycles. The van der Waals surface area contributed by atoms with Crippen LogP contribution >= 0.6 is 0 Å². The summed E-state index contributed by atoms with van der Waals surface area (Å²) in [5.74, 6) is 0.633. The topological polar surface area (TPSA) is 95.9 Å². The zero-order valence-corrected chi connectivity index (χ0v) is 15.3. The normalized spacial score (nSPS) is 25.4. The molecule has 8 heteroatoms. The Morgan fingerprint density at radius 1 is 1.31 bits per heavy atom. The van der Waals surface area contributed by atoms with Gasteiger partial charge >= 0.3 is 6.03 Å². The van der Waals surface area contributed by atoms with E-state index >= 15 is 0 Å². The lowest BCUT2D eigenvalue weighted by Crippen LogP contribution is -2.47. The first-order valence-electron chi connectivity index (χ1n) is 8.51. The number of para-hydroxylation sites is 1. The molecule has 2 N–H and O–H groups in total. The van der Waals surface area contributed by atoms with Crippen LogP contribution in [-0.2, 0) is 15.7 Å². The molecule has 1 fully saturated rings. The summed E-state index contributed by atoms with van der Waals surface area (Å²) in [6, 6.07) is 7.15. The number of rotatable bonds is 6. The van der Waals surface area contributed by atoms with Gasteiger partial charge in [0.2, 0.25) is 0 Å². The lowest BCUT2D eigenvalue weighted by Gasteiger charge is -2.39. The molecular formula is C18H22N2O5S. The summed E-state index contributed by atoms with van der Waals surface area (Å²) in [4.78, 5) is 14.0. The molecule has 0 spiro atoms. The van der Waals surface area contributed by atoms with Crippen LogP contribution in [-0.4, -0.2) is 48.8 Å². The second-order valence-electron chi connectivity index (χ2n) is 6.25. The smallest absolute Gasteiger partial charge is 0.318 e. The number of nitrogens with zero attached hydrogens (tertiary/aromatic N) is 1. The molecule has 1 saturated heterocycles. The van der Waals surface area contributed by atoms with Gasteiger partial charge in [-0.05, 0) is 12.5 Å². The van der Waals surface area contributed by atoms with E-state index < -0.39 is 20.9 Å². The molecule has 2 amide bonds. The van der Waals surface area contributed by atoms with Crippen LogP contribution in [0.4, 0.5) is 4.79 Å². The molecule has 1 aromatic carbocycles. The van der Waals surface area contributed by atoms with Gasteiger partial charge in [-0.2, -0.15) is 8.42 Å². The quantitative estimate of drug-likeness (QED) is 0.584. The molecule has 1 aromatic rings. The van der Waals surface area contributed by atoms with Gasteiger partial charge in [0.1, 0.15) is 16.5 Å². The van der Waals surface area contributed by atoms with Gasteiger partial charge < -0.3 is 15.0 Å². The van der Waals surface area contributed by atoms with Crippen molar-refractivity contribution in [2.75, 3.05) is 19.7 Å². The number of ether oxygens (including phenoxy) is 1. The van der Waals surface area contributed by atoms with Crippen molar-refractivity contribution in [2.45, 2.75) is 24.1 Å². The first kappa shape index (κ1) is 18.5. The van der Waals surface area contributed by atoms with Crippen molar-refractivity contribution in [3.63, 3.8) is 0 Å². The van der Waals surface area contributed by atoms with E-state index in [-0.39, 0.29) is 6.03 Å². The highest BCUT2D eigenvalue weighted by atomic mass is 32.2. The van der Waals surface area contributed by atoms with E-state index in [1.54, 1.807) is 17.1 Å². The molecule has 1 heterocycles. The minimum Gasteiger partial charge on any atom is -0.493 e. The summed E-state index contributed by atoms with van der Waals surface area (Å²) in [5.41, 5.74) is -0.238. The predicted molar refractivity (Wildman–Crippen MR) is 97.6 cm³/mol. The van der Waals surface area contributed by atoms with E-state index in [4.69, 9.17) is 4.74 Å². The van der Waals surface area contributed by atoms with E-state index in [9.17, 15) is 17.8 Å². The van der Waals surface area contributed by atoms with E-state index in [0.717, 1.165) is 12.0 Å². The molecular weight excluding hydrogens is 356 g/mol. The lowest BCUT2D eigenvalue weighted by molar-refractivity contribution is 0.184. The highest BCUT2D eigenvalue weighted by Crippen LogP contribution is 2.41. The average Bonchev–Trinajstić information content (AvgIpc) is 3.06. The van der Waals surface area contributed by atoms with Gasteiger partial charge in [0.15, 0.2) is 0 Å². The highest BCUT2D eigenvalue weighted by Gasteiger charge is 2.43. The van der Waals surface area contributed by atoms with Crippen LogP contribution < -0.4 is 10.1 Å². The van der Waals surface area contributed by atoms with Crippen LogP contribution in [0.2, 0.25) is 0 Å². The van der Waals surface area contributed by atoms with Crippen molar-refractivity contribution < 1.29 is 22.5 Å². The van der Waals surface area contributed by atoms with Crippen LogP contribution in [0.15, 0.2) is 48.6 Å². The fraction of sp³-hybridized carbons (Fsp3) is 0.389. The second kappa shape index (κ2) is 7.13. The van der Waals surface area contributed by atoms with Crippen molar-refractivity contribution in [1.82, 2.24) is 10.2 Å². The van der Waals surface area contributed by atoms with Crippen molar-refractivity contribution in [2.24, 2.45) is 0 Å². The molecule has 7 nitrogen and oxygen atoms in total. The molecule has 0 radical (unpaired) electrons. The number of benzene rings is 1. The van der Waals surface area contributed by atoms with Crippen molar-refractivity contribution in [3.05, 3.63) is 54.1 Å². The summed E-state index contributed by atoms with van der Waals surface area (Å²) in [5, 5.41) is 1.64. The standard InChI is InChI=1S/C18H22N2O5S/c1-2-13-25-16-6-4-3-5-15(16)18(20-12-11-19-17(20)21)9-7-14(8-10-18)26(22,23)24/h3-10,14H,2,11-13H2,1H3,(H,19,21)(H,22,23,24). The summed E-state index contributed by atoms with van der Waals surface area (Å²) in [6.45, 7) is 3.50. The number of nitrogens with one attached hydrogen (secondary N) is 1.